The molecule has 2 heterocycles. The third-order valence-electron chi connectivity index (χ3n) is 3.97. The van der Waals surface area contributed by atoms with Crippen LogP contribution in [0.15, 0.2) is 33.2 Å². The van der Waals surface area contributed by atoms with Crippen molar-refractivity contribution in [2.75, 3.05) is 13.1 Å². The van der Waals surface area contributed by atoms with E-state index in [1.165, 1.54) is 0 Å². The average molecular weight is 351 g/mol. The van der Waals surface area contributed by atoms with Crippen molar-refractivity contribution in [3.63, 3.8) is 0 Å². The van der Waals surface area contributed by atoms with Crippen LogP contribution in [-0.4, -0.2) is 34.2 Å². The van der Waals surface area contributed by atoms with Gasteiger partial charge in [-0.15, -0.1) is 10.2 Å². The van der Waals surface area contributed by atoms with E-state index in [4.69, 9.17) is 10.2 Å². The molecule has 2 N–H and O–H groups in total. The Morgan fingerprint density at radius 3 is 2.81 bits per heavy atom. The summed E-state index contributed by atoms with van der Waals surface area (Å²) in [5, 5.41) is 8.28. The molecule has 21 heavy (non-hydrogen) atoms. The van der Waals surface area contributed by atoms with Crippen molar-refractivity contribution in [2.24, 2.45) is 11.7 Å². The highest BCUT2D eigenvalue weighted by atomic mass is 79.9. The second-order valence-electron chi connectivity index (χ2n) is 5.65. The fourth-order valence-electron chi connectivity index (χ4n) is 2.65. The van der Waals surface area contributed by atoms with E-state index in [9.17, 15) is 0 Å². The SMILES string of the molecule is CC(N)C1CCN(Cc2nnc(-c3ccc(Br)cc3)o2)C1. The minimum atomic E-state index is 0.246. The van der Waals surface area contributed by atoms with Gasteiger partial charge in [-0.2, -0.15) is 0 Å². The van der Waals surface area contributed by atoms with Crippen molar-refractivity contribution >= 4 is 15.9 Å². The van der Waals surface area contributed by atoms with Crippen LogP contribution in [0.25, 0.3) is 11.5 Å². The van der Waals surface area contributed by atoms with Crippen LogP contribution in [-0.2, 0) is 6.54 Å². The summed E-state index contributed by atoms with van der Waals surface area (Å²) in [4.78, 5) is 2.33. The van der Waals surface area contributed by atoms with E-state index in [2.05, 4.69) is 38.0 Å². The fourth-order valence-corrected chi connectivity index (χ4v) is 2.92. The highest BCUT2D eigenvalue weighted by Crippen LogP contribution is 2.23. The van der Waals surface area contributed by atoms with Gasteiger partial charge in [0.1, 0.15) is 0 Å². The van der Waals surface area contributed by atoms with Crippen LogP contribution in [0.3, 0.4) is 0 Å². The number of halogens is 1. The van der Waals surface area contributed by atoms with Gasteiger partial charge in [-0.3, -0.25) is 4.90 Å². The number of benzene rings is 1. The van der Waals surface area contributed by atoms with E-state index in [0.717, 1.165) is 29.5 Å². The van der Waals surface area contributed by atoms with Gasteiger partial charge in [0.15, 0.2) is 0 Å². The topological polar surface area (TPSA) is 68.2 Å². The molecule has 0 spiro atoms. The molecule has 6 heteroatoms. The van der Waals surface area contributed by atoms with Crippen LogP contribution in [0.5, 0.6) is 0 Å². The Labute approximate surface area is 132 Å². The van der Waals surface area contributed by atoms with Gasteiger partial charge in [-0.25, -0.2) is 0 Å². The van der Waals surface area contributed by atoms with Crippen LogP contribution < -0.4 is 5.73 Å². The minimum Gasteiger partial charge on any atom is -0.419 e. The number of nitrogens with zero attached hydrogens (tertiary/aromatic N) is 3. The molecule has 0 bridgehead atoms. The van der Waals surface area contributed by atoms with E-state index < -0.39 is 0 Å². The molecule has 0 saturated carbocycles. The summed E-state index contributed by atoms with van der Waals surface area (Å²) >= 11 is 3.42. The number of hydrogen-bond acceptors (Lipinski definition) is 5. The molecule has 1 fully saturated rings. The quantitative estimate of drug-likeness (QED) is 0.917. The second kappa shape index (κ2) is 6.25. The molecule has 1 aromatic heterocycles. The van der Waals surface area contributed by atoms with E-state index in [-0.39, 0.29) is 6.04 Å². The number of hydrogen-bond donors (Lipinski definition) is 1. The zero-order valence-electron chi connectivity index (χ0n) is 12.0. The van der Waals surface area contributed by atoms with Crippen LogP contribution in [0.2, 0.25) is 0 Å². The largest absolute Gasteiger partial charge is 0.419 e. The van der Waals surface area contributed by atoms with E-state index in [1.54, 1.807) is 0 Å². The molecule has 0 radical (unpaired) electrons. The Morgan fingerprint density at radius 2 is 2.14 bits per heavy atom. The lowest BCUT2D eigenvalue weighted by atomic mass is 10.0. The number of likely N-dealkylation sites (tertiary alicyclic amines) is 1. The molecule has 1 aliphatic heterocycles. The molecule has 2 aromatic rings. The van der Waals surface area contributed by atoms with Crippen LogP contribution in [0.1, 0.15) is 19.2 Å². The summed E-state index contributed by atoms with van der Waals surface area (Å²) < 4.78 is 6.79. The first-order valence-corrected chi connectivity index (χ1v) is 7.97. The molecular weight excluding hydrogens is 332 g/mol. The zero-order valence-corrected chi connectivity index (χ0v) is 13.6. The molecule has 1 aromatic carbocycles. The maximum atomic E-state index is 5.96. The molecule has 1 saturated heterocycles. The summed E-state index contributed by atoms with van der Waals surface area (Å²) in [5.41, 5.74) is 6.90. The summed E-state index contributed by atoms with van der Waals surface area (Å²) in [6.07, 6.45) is 1.14. The summed E-state index contributed by atoms with van der Waals surface area (Å²) in [6, 6.07) is 8.10. The molecule has 112 valence electrons. The summed E-state index contributed by atoms with van der Waals surface area (Å²) in [7, 11) is 0. The highest BCUT2D eigenvalue weighted by molar-refractivity contribution is 9.10. The second-order valence-corrected chi connectivity index (χ2v) is 6.57. The van der Waals surface area contributed by atoms with Gasteiger partial charge in [-0.1, -0.05) is 15.9 Å². The van der Waals surface area contributed by atoms with Gasteiger partial charge in [0.05, 0.1) is 6.54 Å². The van der Waals surface area contributed by atoms with Crippen molar-refractivity contribution in [1.82, 2.24) is 15.1 Å². The van der Waals surface area contributed by atoms with Crippen molar-refractivity contribution < 1.29 is 4.42 Å². The van der Waals surface area contributed by atoms with Gasteiger partial charge >= 0.3 is 0 Å². The Morgan fingerprint density at radius 1 is 1.38 bits per heavy atom. The highest BCUT2D eigenvalue weighted by Gasteiger charge is 2.26. The molecule has 3 rings (SSSR count). The Bertz CT molecular complexity index is 596. The van der Waals surface area contributed by atoms with Crippen LogP contribution in [0, 0.1) is 5.92 Å². The summed E-state index contributed by atoms with van der Waals surface area (Å²) in [6.45, 7) is 4.83. The smallest absolute Gasteiger partial charge is 0.247 e. The Balaban J connectivity index is 1.64. The fraction of sp³-hybridized carbons (Fsp3) is 0.467. The zero-order chi connectivity index (χ0) is 14.8. The third kappa shape index (κ3) is 3.51. The predicted molar refractivity (Wildman–Crippen MR) is 84.5 cm³/mol. The van der Waals surface area contributed by atoms with Gasteiger partial charge < -0.3 is 10.2 Å². The Kier molecular flexibility index (Phi) is 4.37. The van der Waals surface area contributed by atoms with E-state index in [0.29, 0.717) is 24.2 Å². The number of nitrogens with two attached hydrogens (primary N) is 1. The number of rotatable bonds is 4. The van der Waals surface area contributed by atoms with Crippen molar-refractivity contribution in [3.05, 3.63) is 34.6 Å². The first-order chi connectivity index (χ1) is 10.1. The van der Waals surface area contributed by atoms with Gasteiger partial charge in [0.2, 0.25) is 11.8 Å². The van der Waals surface area contributed by atoms with Crippen molar-refractivity contribution in [2.45, 2.75) is 25.9 Å². The average Bonchev–Trinajstić information content (AvgIpc) is 3.10. The van der Waals surface area contributed by atoms with Crippen LogP contribution in [0.4, 0.5) is 0 Å². The molecular formula is C15H19BrN4O. The predicted octanol–water partition coefficient (Wildman–Crippen LogP) is 2.67. The van der Waals surface area contributed by atoms with Gasteiger partial charge in [0.25, 0.3) is 0 Å². The molecule has 0 amide bonds. The third-order valence-corrected chi connectivity index (χ3v) is 4.50. The number of aromatic nitrogens is 2. The van der Waals surface area contributed by atoms with E-state index >= 15 is 0 Å². The lowest BCUT2D eigenvalue weighted by molar-refractivity contribution is 0.276. The molecule has 2 unspecified atom stereocenters. The van der Waals surface area contributed by atoms with Crippen LogP contribution >= 0.6 is 15.9 Å². The lowest BCUT2D eigenvalue weighted by Gasteiger charge is -2.15. The minimum absolute atomic E-state index is 0.246. The van der Waals surface area contributed by atoms with Gasteiger partial charge in [0, 0.05) is 22.6 Å². The van der Waals surface area contributed by atoms with E-state index in [1.807, 2.05) is 24.3 Å². The molecule has 5 nitrogen and oxygen atoms in total. The van der Waals surface area contributed by atoms with Crippen molar-refractivity contribution in [3.8, 4) is 11.5 Å². The monoisotopic (exact) mass is 350 g/mol. The molecule has 0 aliphatic carbocycles. The van der Waals surface area contributed by atoms with Crippen molar-refractivity contribution in [1.29, 1.82) is 0 Å². The maximum absolute atomic E-state index is 5.96. The normalized spacial score (nSPS) is 20.8. The molecule has 2 atom stereocenters. The molecule has 1 aliphatic rings. The first kappa shape index (κ1) is 14.7. The first-order valence-electron chi connectivity index (χ1n) is 7.18. The summed E-state index contributed by atoms with van der Waals surface area (Å²) in [5.74, 6) is 1.80. The maximum Gasteiger partial charge on any atom is 0.247 e. The Hall–Kier alpha value is -1.24. The van der Waals surface area contributed by atoms with Gasteiger partial charge in [-0.05, 0) is 50.1 Å². The standard InChI is InChI=1S/C15H19BrN4O/c1-10(17)12-6-7-20(8-12)9-14-18-19-15(21-14)11-2-4-13(16)5-3-11/h2-5,10,12H,6-9,17H2,1H3. The lowest BCUT2D eigenvalue weighted by Crippen LogP contribution is -2.29.